The molecule has 0 spiro atoms. The van der Waals surface area contributed by atoms with Gasteiger partial charge >= 0.3 is 0 Å². The molecule has 0 bridgehead atoms. The Morgan fingerprint density at radius 1 is 1.15 bits per heavy atom. The second-order valence-electron chi connectivity index (χ2n) is 7.10. The lowest BCUT2D eigenvalue weighted by atomic mass is 9.64. The van der Waals surface area contributed by atoms with Crippen LogP contribution in [0, 0.1) is 6.92 Å². The first-order valence-corrected chi connectivity index (χ1v) is 9.47. The molecular weight excluding hydrogens is 360 g/mol. The van der Waals surface area contributed by atoms with E-state index in [2.05, 4.69) is 20.5 Å². The van der Waals surface area contributed by atoms with Gasteiger partial charge in [-0.3, -0.25) is 9.89 Å². The summed E-state index contributed by atoms with van der Waals surface area (Å²) < 4.78 is 0. The number of nitrogens with one attached hydrogen (secondary N) is 2. The van der Waals surface area contributed by atoms with Gasteiger partial charge in [-0.25, -0.2) is 4.98 Å². The zero-order chi connectivity index (χ0) is 18.9. The highest BCUT2D eigenvalue weighted by molar-refractivity contribution is 6.30. The van der Waals surface area contributed by atoms with Crippen molar-refractivity contribution < 1.29 is 4.79 Å². The third-order valence-electron chi connectivity index (χ3n) is 5.30. The summed E-state index contributed by atoms with van der Waals surface area (Å²) in [7, 11) is 0. The summed E-state index contributed by atoms with van der Waals surface area (Å²) in [4.78, 5) is 17.4. The molecule has 3 aromatic rings. The van der Waals surface area contributed by atoms with E-state index in [1.807, 2.05) is 55.5 Å². The van der Waals surface area contributed by atoms with Crippen LogP contribution in [0.4, 0.5) is 0 Å². The van der Waals surface area contributed by atoms with Gasteiger partial charge in [-0.05, 0) is 37.5 Å². The van der Waals surface area contributed by atoms with Crippen LogP contribution in [0.3, 0.4) is 0 Å². The van der Waals surface area contributed by atoms with Gasteiger partial charge in [0, 0.05) is 10.6 Å². The molecule has 6 heteroatoms. The Morgan fingerprint density at radius 2 is 1.85 bits per heavy atom. The highest BCUT2D eigenvalue weighted by atomic mass is 35.5. The molecule has 1 heterocycles. The van der Waals surface area contributed by atoms with Crippen molar-refractivity contribution in [1.29, 1.82) is 0 Å². The van der Waals surface area contributed by atoms with E-state index < -0.39 is 5.41 Å². The van der Waals surface area contributed by atoms with Gasteiger partial charge in [0.2, 0.25) is 5.91 Å². The Kier molecular flexibility index (Phi) is 4.70. The molecule has 0 saturated heterocycles. The molecule has 2 aromatic carbocycles. The third-order valence-corrected chi connectivity index (χ3v) is 5.55. The number of benzene rings is 2. The lowest BCUT2D eigenvalue weighted by Crippen LogP contribution is -2.49. The summed E-state index contributed by atoms with van der Waals surface area (Å²) in [5, 5.41) is 10.9. The Balaban J connectivity index is 1.44. The highest BCUT2D eigenvalue weighted by Crippen LogP contribution is 2.44. The Morgan fingerprint density at radius 3 is 2.48 bits per heavy atom. The van der Waals surface area contributed by atoms with Gasteiger partial charge in [0.25, 0.3) is 0 Å². The van der Waals surface area contributed by atoms with Crippen LogP contribution in [0.25, 0.3) is 11.4 Å². The first-order valence-electron chi connectivity index (χ1n) is 9.09. The van der Waals surface area contributed by atoms with Crippen LogP contribution in [-0.4, -0.2) is 21.1 Å². The molecule has 27 heavy (non-hydrogen) atoms. The minimum absolute atomic E-state index is 0.0318. The molecule has 1 fully saturated rings. The van der Waals surface area contributed by atoms with Crippen LogP contribution in [0.1, 0.15) is 36.2 Å². The standard InChI is InChI=1S/C21H21ClN4O/c1-14-3-5-15(6-4-14)19-24-18(25-26-19)13-23-20(27)21(11-2-12-21)16-7-9-17(22)10-8-16/h3-10H,2,11-13H2,1H3,(H,23,27)(H,24,25,26). The normalized spacial score (nSPS) is 15.2. The van der Waals surface area contributed by atoms with Gasteiger partial charge in [-0.1, -0.05) is 60.0 Å². The van der Waals surface area contributed by atoms with Crippen LogP contribution in [0.5, 0.6) is 0 Å². The second kappa shape index (κ2) is 7.16. The number of H-pyrrole nitrogens is 1. The van der Waals surface area contributed by atoms with Crippen molar-refractivity contribution >= 4 is 17.5 Å². The van der Waals surface area contributed by atoms with Gasteiger partial charge in [0.05, 0.1) is 12.0 Å². The molecule has 5 nitrogen and oxygen atoms in total. The number of halogens is 1. The maximum absolute atomic E-state index is 12.9. The predicted molar refractivity (Wildman–Crippen MR) is 105 cm³/mol. The fourth-order valence-electron chi connectivity index (χ4n) is 3.49. The van der Waals surface area contributed by atoms with Crippen LogP contribution >= 0.6 is 11.6 Å². The number of aryl methyl sites for hydroxylation is 1. The minimum atomic E-state index is -0.454. The van der Waals surface area contributed by atoms with Gasteiger partial charge in [-0.15, -0.1) is 0 Å². The van der Waals surface area contributed by atoms with Crippen molar-refractivity contribution in [3.05, 3.63) is 70.5 Å². The molecule has 138 valence electrons. The van der Waals surface area contributed by atoms with Crippen molar-refractivity contribution in [2.75, 3.05) is 0 Å². The largest absolute Gasteiger partial charge is 0.348 e. The molecule has 0 aliphatic heterocycles. The number of rotatable bonds is 5. The maximum Gasteiger partial charge on any atom is 0.231 e. The fourth-order valence-corrected chi connectivity index (χ4v) is 3.61. The van der Waals surface area contributed by atoms with Crippen molar-refractivity contribution in [3.8, 4) is 11.4 Å². The zero-order valence-electron chi connectivity index (χ0n) is 15.1. The predicted octanol–water partition coefficient (Wildman–Crippen LogP) is 4.17. The molecule has 1 amide bonds. The number of hydrogen-bond acceptors (Lipinski definition) is 3. The number of hydrogen-bond donors (Lipinski definition) is 2. The second-order valence-corrected chi connectivity index (χ2v) is 7.53. The van der Waals surface area contributed by atoms with Crippen molar-refractivity contribution in [3.63, 3.8) is 0 Å². The number of aromatic nitrogens is 3. The molecule has 0 unspecified atom stereocenters. The van der Waals surface area contributed by atoms with Crippen LogP contribution < -0.4 is 5.32 Å². The topological polar surface area (TPSA) is 70.7 Å². The summed E-state index contributed by atoms with van der Waals surface area (Å²) in [5.41, 5.74) is 2.71. The first kappa shape index (κ1) is 17.7. The SMILES string of the molecule is Cc1ccc(-c2n[nH]c(CNC(=O)C3(c4ccc(Cl)cc4)CCC3)n2)cc1. The van der Waals surface area contributed by atoms with Crippen molar-refractivity contribution in [1.82, 2.24) is 20.5 Å². The third kappa shape index (κ3) is 3.47. The molecule has 0 atom stereocenters. The zero-order valence-corrected chi connectivity index (χ0v) is 15.9. The summed E-state index contributed by atoms with van der Waals surface area (Å²) in [5.74, 6) is 1.31. The van der Waals surface area contributed by atoms with Crippen LogP contribution in [-0.2, 0) is 16.8 Å². The van der Waals surface area contributed by atoms with E-state index in [1.165, 1.54) is 5.56 Å². The smallest absolute Gasteiger partial charge is 0.231 e. The van der Waals surface area contributed by atoms with E-state index in [9.17, 15) is 4.79 Å². The monoisotopic (exact) mass is 380 g/mol. The fraction of sp³-hybridized carbons (Fsp3) is 0.286. The van der Waals surface area contributed by atoms with E-state index in [0.29, 0.717) is 23.2 Å². The highest BCUT2D eigenvalue weighted by Gasteiger charge is 2.45. The Hall–Kier alpha value is -2.66. The molecule has 1 aliphatic carbocycles. The molecule has 4 rings (SSSR count). The number of carbonyl (C=O) groups is 1. The maximum atomic E-state index is 12.9. The summed E-state index contributed by atoms with van der Waals surface area (Å²) in [6.07, 6.45) is 2.76. The number of aromatic amines is 1. The van der Waals surface area contributed by atoms with Crippen LogP contribution in [0.15, 0.2) is 48.5 Å². The van der Waals surface area contributed by atoms with E-state index in [4.69, 9.17) is 11.6 Å². The molecule has 1 aromatic heterocycles. The summed E-state index contributed by atoms with van der Waals surface area (Å²) in [6, 6.07) is 15.6. The minimum Gasteiger partial charge on any atom is -0.348 e. The summed E-state index contributed by atoms with van der Waals surface area (Å²) in [6.45, 7) is 2.37. The Labute approximate surface area is 163 Å². The number of nitrogens with zero attached hydrogens (tertiary/aromatic N) is 2. The number of carbonyl (C=O) groups excluding carboxylic acids is 1. The van der Waals surface area contributed by atoms with E-state index in [1.54, 1.807) is 0 Å². The average molecular weight is 381 g/mol. The summed E-state index contributed by atoms with van der Waals surface area (Å²) >= 11 is 5.99. The molecule has 1 aliphatic rings. The lowest BCUT2D eigenvalue weighted by Gasteiger charge is -2.40. The van der Waals surface area contributed by atoms with E-state index in [0.717, 1.165) is 30.4 Å². The van der Waals surface area contributed by atoms with Crippen molar-refractivity contribution in [2.24, 2.45) is 0 Å². The van der Waals surface area contributed by atoms with Gasteiger partial charge in [0.1, 0.15) is 5.82 Å². The quantitative estimate of drug-likeness (QED) is 0.697. The number of amides is 1. The average Bonchev–Trinajstić information content (AvgIpc) is 3.10. The van der Waals surface area contributed by atoms with Crippen LogP contribution in [0.2, 0.25) is 5.02 Å². The van der Waals surface area contributed by atoms with E-state index >= 15 is 0 Å². The first-order chi connectivity index (χ1) is 13.1. The molecule has 2 N–H and O–H groups in total. The van der Waals surface area contributed by atoms with Gasteiger partial charge in [0.15, 0.2) is 5.82 Å². The lowest BCUT2D eigenvalue weighted by molar-refractivity contribution is -0.130. The van der Waals surface area contributed by atoms with Gasteiger partial charge in [-0.2, -0.15) is 5.10 Å². The molecular formula is C21H21ClN4O. The van der Waals surface area contributed by atoms with Gasteiger partial charge < -0.3 is 5.32 Å². The Bertz CT molecular complexity index is 943. The molecule has 0 radical (unpaired) electrons. The van der Waals surface area contributed by atoms with Crippen molar-refractivity contribution in [2.45, 2.75) is 38.1 Å². The van der Waals surface area contributed by atoms with E-state index in [-0.39, 0.29) is 5.91 Å². The molecule has 1 saturated carbocycles.